The van der Waals surface area contributed by atoms with Gasteiger partial charge in [0.2, 0.25) is 0 Å². The summed E-state index contributed by atoms with van der Waals surface area (Å²) in [5, 5.41) is 7.09. The number of benzene rings is 1. The molecule has 2 fully saturated rings. The van der Waals surface area contributed by atoms with Crippen LogP contribution in [0.2, 0.25) is 0 Å². The Hall–Kier alpha value is -1.75. The van der Waals surface area contributed by atoms with Crippen molar-refractivity contribution < 1.29 is 0 Å². The number of guanidine groups is 1. The highest BCUT2D eigenvalue weighted by atomic mass is 15.2. The van der Waals surface area contributed by atoms with Gasteiger partial charge >= 0.3 is 0 Å². The van der Waals surface area contributed by atoms with Crippen LogP contribution in [-0.2, 0) is 0 Å². The van der Waals surface area contributed by atoms with E-state index in [-0.39, 0.29) is 0 Å². The lowest BCUT2D eigenvalue weighted by Gasteiger charge is -2.34. The molecule has 1 saturated heterocycles. The van der Waals surface area contributed by atoms with Crippen LogP contribution in [0.1, 0.15) is 45.4 Å². The maximum absolute atomic E-state index is 4.84. The normalized spacial score (nSPS) is 19.7. The van der Waals surface area contributed by atoms with Gasteiger partial charge in [0.1, 0.15) is 0 Å². The molecule has 0 radical (unpaired) electrons. The quantitative estimate of drug-likeness (QED) is 0.571. The number of para-hydroxylation sites is 1. The third-order valence-corrected chi connectivity index (χ3v) is 5.97. The summed E-state index contributed by atoms with van der Waals surface area (Å²) in [5.74, 6) is 0.982. The lowest BCUT2D eigenvalue weighted by molar-refractivity contribution is 0.252. The van der Waals surface area contributed by atoms with Crippen molar-refractivity contribution in [2.45, 2.75) is 57.5 Å². The van der Waals surface area contributed by atoms with Gasteiger partial charge in [0, 0.05) is 44.0 Å². The first-order chi connectivity index (χ1) is 13.3. The minimum Gasteiger partial charge on any atom is -0.371 e. The molecule has 3 rings (SSSR count). The predicted octanol–water partition coefficient (Wildman–Crippen LogP) is 3.08. The van der Waals surface area contributed by atoms with Gasteiger partial charge in [-0.25, -0.2) is 0 Å². The van der Waals surface area contributed by atoms with Crippen LogP contribution in [0, 0.1) is 0 Å². The Bertz CT molecular complexity index is 559. The van der Waals surface area contributed by atoms with Gasteiger partial charge in [0.25, 0.3) is 0 Å². The molecule has 0 atom stereocenters. The van der Waals surface area contributed by atoms with Crippen molar-refractivity contribution in [2.75, 3.05) is 44.7 Å². The second kappa shape index (κ2) is 10.5. The van der Waals surface area contributed by atoms with Crippen LogP contribution in [0.5, 0.6) is 0 Å². The average molecular weight is 372 g/mol. The fourth-order valence-electron chi connectivity index (χ4n) is 4.28. The summed E-state index contributed by atoms with van der Waals surface area (Å²) >= 11 is 0. The first-order valence-electron chi connectivity index (χ1n) is 10.8. The molecule has 2 aliphatic rings. The molecular formula is C22H37N5. The molecule has 1 aliphatic heterocycles. The molecular weight excluding hydrogens is 334 g/mol. The molecule has 0 bridgehead atoms. The summed E-state index contributed by atoms with van der Waals surface area (Å²) in [6, 6.07) is 12.0. The summed E-state index contributed by atoms with van der Waals surface area (Å²) in [7, 11) is 2.26. The van der Waals surface area contributed by atoms with E-state index in [0.29, 0.717) is 6.04 Å². The van der Waals surface area contributed by atoms with Crippen LogP contribution in [0.25, 0.3) is 0 Å². The van der Waals surface area contributed by atoms with Crippen molar-refractivity contribution >= 4 is 11.6 Å². The molecule has 1 aliphatic carbocycles. The maximum Gasteiger partial charge on any atom is 0.191 e. The molecule has 0 unspecified atom stereocenters. The number of hydrogen-bond donors (Lipinski definition) is 2. The Labute approximate surface area is 165 Å². The standard InChI is InChI=1S/C22H37N5/c1-3-23-22(24-15-18-26(2)20-9-7-8-10-20)25-19-13-16-27(17-14-19)21-11-5-4-6-12-21/h4-6,11-12,19-20H,3,7-10,13-18H2,1-2H3,(H2,23,24,25). The first-order valence-corrected chi connectivity index (χ1v) is 10.8. The number of nitrogens with one attached hydrogen (secondary N) is 2. The molecule has 0 amide bonds. The monoisotopic (exact) mass is 371 g/mol. The van der Waals surface area contributed by atoms with E-state index in [1.165, 1.54) is 31.4 Å². The predicted molar refractivity (Wildman–Crippen MR) is 116 cm³/mol. The molecule has 1 saturated carbocycles. The van der Waals surface area contributed by atoms with Crippen LogP contribution < -0.4 is 15.5 Å². The Balaban J connectivity index is 1.43. The third kappa shape index (κ3) is 6.13. The number of aliphatic imine (C=N–C) groups is 1. The van der Waals surface area contributed by atoms with Gasteiger partial charge in [0.05, 0.1) is 6.54 Å². The summed E-state index contributed by atoms with van der Waals surface area (Å²) < 4.78 is 0. The molecule has 5 heteroatoms. The van der Waals surface area contributed by atoms with Crippen LogP contribution in [0.15, 0.2) is 35.3 Å². The van der Waals surface area contributed by atoms with Gasteiger partial charge in [-0.2, -0.15) is 0 Å². The van der Waals surface area contributed by atoms with Gasteiger partial charge in [-0.1, -0.05) is 31.0 Å². The number of anilines is 1. The smallest absolute Gasteiger partial charge is 0.191 e. The lowest BCUT2D eigenvalue weighted by Crippen LogP contribution is -2.49. The molecule has 0 aromatic heterocycles. The molecule has 0 spiro atoms. The maximum atomic E-state index is 4.84. The van der Waals surface area contributed by atoms with Crippen molar-refractivity contribution in [2.24, 2.45) is 4.99 Å². The largest absolute Gasteiger partial charge is 0.371 e. The SMILES string of the molecule is CCNC(=NCCN(C)C1CCCC1)NC1CCN(c2ccccc2)CC1. The van der Waals surface area contributed by atoms with Crippen molar-refractivity contribution in [3.63, 3.8) is 0 Å². The third-order valence-electron chi connectivity index (χ3n) is 5.97. The second-order valence-electron chi connectivity index (χ2n) is 7.92. The molecule has 27 heavy (non-hydrogen) atoms. The van der Waals surface area contributed by atoms with Crippen LogP contribution >= 0.6 is 0 Å². The number of rotatable bonds is 7. The summed E-state index contributed by atoms with van der Waals surface area (Å²) in [5.41, 5.74) is 1.34. The molecule has 5 nitrogen and oxygen atoms in total. The van der Waals surface area contributed by atoms with Crippen molar-refractivity contribution in [1.29, 1.82) is 0 Å². The number of likely N-dealkylation sites (N-methyl/N-ethyl adjacent to an activating group) is 1. The van der Waals surface area contributed by atoms with E-state index in [1.807, 2.05) is 0 Å². The van der Waals surface area contributed by atoms with Crippen LogP contribution in [-0.4, -0.2) is 62.7 Å². The number of hydrogen-bond acceptors (Lipinski definition) is 3. The van der Waals surface area contributed by atoms with Crippen molar-refractivity contribution in [3.8, 4) is 0 Å². The summed E-state index contributed by atoms with van der Waals surface area (Å²) in [6.45, 7) is 7.17. The summed E-state index contributed by atoms with van der Waals surface area (Å²) in [4.78, 5) is 9.82. The van der Waals surface area contributed by atoms with E-state index in [1.54, 1.807) is 0 Å². The van der Waals surface area contributed by atoms with Crippen LogP contribution in [0.3, 0.4) is 0 Å². The Kier molecular flexibility index (Phi) is 7.81. The highest BCUT2D eigenvalue weighted by molar-refractivity contribution is 5.80. The topological polar surface area (TPSA) is 42.9 Å². The Morgan fingerprint density at radius 3 is 2.48 bits per heavy atom. The van der Waals surface area contributed by atoms with E-state index in [9.17, 15) is 0 Å². The van der Waals surface area contributed by atoms with Gasteiger partial charge < -0.3 is 20.4 Å². The van der Waals surface area contributed by atoms with E-state index in [2.05, 4.69) is 64.7 Å². The molecule has 1 aromatic rings. The highest BCUT2D eigenvalue weighted by Crippen LogP contribution is 2.22. The zero-order chi connectivity index (χ0) is 18.9. The fourth-order valence-corrected chi connectivity index (χ4v) is 4.28. The summed E-state index contributed by atoms with van der Waals surface area (Å²) in [6.07, 6.45) is 7.81. The van der Waals surface area contributed by atoms with Crippen LogP contribution in [0.4, 0.5) is 5.69 Å². The zero-order valence-electron chi connectivity index (χ0n) is 17.2. The minimum absolute atomic E-state index is 0.510. The molecule has 2 N–H and O–H groups in total. The minimum atomic E-state index is 0.510. The van der Waals surface area contributed by atoms with Crippen molar-refractivity contribution in [1.82, 2.24) is 15.5 Å². The fraction of sp³-hybridized carbons (Fsp3) is 0.682. The lowest BCUT2D eigenvalue weighted by atomic mass is 10.0. The van der Waals surface area contributed by atoms with E-state index in [4.69, 9.17) is 4.99 Å². The molecule has 1 heterocycles. The average Bonchev–Trinajstić information content (AvgIpc) is 3.24. The number of piperidine rings is 1. The van der Waals surface area contributed by atoms with E-state index in [0.717, 1.165) is 57.6 Å². The molecule has 1 aromatic carbocycles. The highest BCUT2D eigenvalue weighted by Gasteiger charge is 2.21. The van der Waals surface area contributed by atoms with Gasteiger partial charge in [0.15, 0.2) is 5.96 Å². The zero-order valence-corrected chi connectivity index (χ0v) is 17.2. The van der Waals surface area contributed by atoms with E-state index >= 15 is 0 Å². The second-order valence-corrected chi connectivity index (χ2v) is 7.92. The Morgan fingerprint density at radius 2 is 1.81 bits per heavy atom. The number of nitrogens with zero attached hydrogens (tertiary/aromatic N) is 3. The van der Waals surface area contributed by atoms with Gasteiger partial charge in [-0.05, 0) is 51.8 Å². The van der Waals surface area contributed by atoms with E-state index < -0.39 is 0 Å². The van der Waals surface area contributed by atoms with Gasteiger partial charge in [-0.15, -0.1) is 0 Å². The molecule has 150 valence electrons. The first kappa shape index (κ1) is 20.0. The Morgan fingerprint density at radius 1 is 1.11 bits per heavy atom. The van der Waals surface area contributed by atoms with Gasteiger partial charge in [-0.3, -0.25) is 4.99 Å². The van der Waals surface area contributed by atoms with Crippen molar-refractivity contribution in [3.05, 3.63) is 30.3 Å².